The van der Waals surface area contributed by atoms with Crippen LogP contribution in [0.2, 0.25) is 0 Å². The molecule has 0 spiro atoms. The lowest BCUT2D eigenvalue weighted by Crippen LogP contribution is -2.36. The van der Waals surface area contributed by atoms with Gasteiger partial charge in [-0.25, -0.2) is 9.97 Å². The lowest BCUT2D eigenvalue weighted by atomic mass is 10.0. The number of para-hydroxylation sites is 1. The zero-order chi connectivity index (χ0) is 19.3. The van der Waals surface area contributed by atoms with E-state index in [1.807, 2.05) is 47.4 Å². The predicted octanol–water partition coefficient (Wildman–Crippen LogP) is 3.69. The van der Waals surface area contributed by atoms with Crippen LogP contribution in [-0.4, -0.2) is 29.5 Å². The Balaban J connectivity index is 1.48. The number of hydrogen-bond donors (Lipinski definition) is 1. The van der Waals surface area contributed by atoms with Gasteiger partial charge in [-0.05, 0) is 48.2 Å². The number of aryl methyl sites for hydroxylation is 1. The van der Waals surface area contributed by atoms with Gasteiger partial charge in [-0.1, -0.05) is 30.3 Å². The van der Waals surface area contributed by atoms with E-state index in [4.69, 9.17) is 4.74 Å². The van der Waals surface area contributed by atoms with Gasteiger partial charge in [-0.3, -0.25) is 4.79 Å². The highest BCUT2D eigenvalue weighted by Crippen LogP contribution is 2.27. The number of ether oxygens (including phenoxy) is 1. The van der Waals surface area contributed by atoms with Crippen molar-refractivity contribution in [3.63, 3.8) is 0 Å². The maximum absolute atomic E-state index is 13.1. The van der Waals surface area contributed by atoms with E-state index in [1.165, 1.54) is 5.56 Å². The number of carbonyl (C=O) groups excluding carboxylic acids is 1. The maximum atomic E-state index is 13.1. The highest BCUT2D eigenvalue weighted by atomic mass is 16.5. The summed E-state index contributed by atoms with van der Waals surface area (Å²) in [5.74, 6) is 1.16. The summed E-state index contributed by atoms with van der Waals surface area (Å²) >= 11 is 0. The Morgan fingerprint density at radius 3 is 2.79 bits per heavy atom. The Kier molecular flexibility index (Phi) is 5.19. The molecule has 1 aliphatic heterocycles. The summed E-state index contributed by atoms with van der Waals surface area (Å²) in [5, 5.41) is 3.18. The molecular weight excluding hydrogens is 352 g/mol. The Morgan fingerprint density at radius 2 is 1.96 bits per heavy atom. The Bertz CT molecular complexity index is 972. The molecule has 2 aromatic carbocycles. The van der Waals surface area contributed by atoms with Gasteiger partial charge >= 0.3 is 0 Å². The first-order chi connectivity index (χ1) is 13.7. The van der Waals surface area contributed by atoms with Crippen LogP contribution in [0.15, 0.2) is 60.8 Å². The minimum atomic E-state index is -0.0953. The number of hydrogen-bond acceptors (Lipinski definition) is 5. The van der Waals surface area contributed by atoms with E-state index >= 15 is 0 Å². The molecule has 0 saturated carbocycles. The minimum Gasteiger partial charge on any atom is -0.497 e. The molecule has 2 heterocycles. The fraction of sp³-hybridized carbons (Fsp3) is 0.227. The van der Waals surface area contributed by atoms with Gasteiger partial charge in [0.1, 0.15) is 11.4 Å². The summed E-state index contributed by atoms with van der Waals surface area (Å²) in [7, 11) is 1.64. The van der Waals surface area contributed by atoms with Crippen LogP contribution in [0.5, 0.6) is 5.75 Å². The average molecular weight is 374 g/mol. The van der Waals surface area contributed by atoms with E-state index < -0.39 is 0 Å². The number of aromatic nitrogens is 2. The number of amides is 1. The fourth-order valence-corrected chi connectivity index (χ4v) is 3.37. The van der Waals surface area contributed by atoms with Gasteiger partial charge in [0.05, 0.1) is 7.11 Å². The zero-order valence-electron chi connectivity index (χ0n) is 15.8. The normalized spacial score (nSPS) is 13.0. The first-order valence-corrected chi connectivity index (χ1v) is 9.34. The van der Waals surface area contributed by atoms with Gasteiger partial charge in [0.2, 0.25) is 5.95 Å². The number of nitrogens with one attached hydrogen (secondary N) is 1. The van der Waals surface area contributed by atoms with Gasteiger partial charge in [0, 0.05) is 25.0 Å². The first-order valence-electron chi connectivity index (χ1n) is 9.34. The second-order valence-electron chi connectivity index (χ2n) is 6.66. The smallest absolute Gasteiger partial charge is 0.277 e. The summed E-state index contributed by atoms with van der Waals surface area (Å²) < 4.78 is 5.17. The van der Waals surface area contributed by atoms with E-state index in [2.05, 4.69) is 21.4 Å². The topological polar surface area (TPSA) is 67.3 Å². The molecule has 0 bridgehead atoms. The van der Waals surface area contributed by atoms with E-state index in [0.29, 0.717) is 24.7 Å². The molecule has 142 valence electrons. The maximum Gasteiger partial charge on any atom is 0.277 e. The van der Waals surface area contributed by atoms with Gasteiger partial charge in [0.15, 0.2) is 0 Å². The molecule has 0 saturated heterocycles. The standard InChI is InChI=1S/C22H22N4O2/c1-28-18-10-8-16(9-11-18)15-24-22-23-13-12-19(25-22)21(27)26-14-4-6-17-5-2-3-7-20(17)26/h2-3,5,7-13H,4,6,14-15H2,1H3,(H,23,24,25). The third-order valence-electron chi connectivity index (χ3n) is 4.84. The van der Waals surface area contributed by atoms with Crippen molar-refractivity contribution in [1.82, 2.24) is 9.97 Å². The van der Waals surface area contributed by atoms with E-state index in [9.17, 15) is 4.79 Å². The van der Waals surface area contributed by atoms with Crippen LogP contribution in [0, 0.1) is 0 Å². The van der Waals surface area contributed by atoms with Crippen molar-refractivity contribution in [3.05, 3.63) is 77.6 Å². The number of methoxy groups -OCH3 is 1. The molecule has 1 aromatic heterocycles. The number of fused-ring (bicyclic) bond motifs is 1. The van der Waals surface area contributed by atoms with Gasteiger partial charge in [0.25, 0.3) is 5.91 Å². The summed E-state index contributed by atoms with van der Waals surface area (Å²) in [5.41, 5.74) is 3.65. The highest BCUT2D eigenvalue weighted by molar-refractivity contribution is 6.05. The molecular formula is C22H22N4O2. The molecule has 4 rings (SSSR count). The van der Waals surface area contributed by atoms with Crippen molar-refractivity contribution < 1.29 is 9.53 Å². The first kappa shape index (κ1) is 18.0. The summed E-state index contributed by atoms with van der Waals surface area (Å²) in [6, 6.07) is 17.5. The fourth-order valence-electron chi connectivity index (χ4n) is 3.37. The van der Waals surface area contributed by atoms with E-state index in [0.717, 1.165) is 29.8 Å². The van der Waals surface area contributed by atoms with Crippen LogP contribution in [-0.2, 0) is 13.0 Å². The lowest BCUT2D eigenvalue weighted by molar-refractivity contribution is 0.0980. The van der Waals surface area contributed by atoms with Gasteiger partial charge in [-0.2, -0.15) is 0 Å². The third kappa shape index (κ3) is 3.81. The number of carbonyl (C=O) groups is 1. The van der Waals surface area contributed by atoms with Crippen LogP contribution < -0.4 is 15.0 Å². The average Bonchev–Trinajstić information content (AvgIpc) is 2.77. The second-order valence-corrected chi connectivity index (χ2v) is 6.66. The molecule has 0 aliphatic carbocycles. The molecule has 0 fully saturated rings. The van der Waals surface area contributed by atoms with E-state index in [-0.39, 0.29) is 5.91 Å². The van der Waals surface area contributed by atoms with Gasteiger partial charge < -0.3 is 15.0 Å². The van der Waals surface area contributed by atoms with Crippen molar-refractivity contribution in [2.75, 3.05) is 23.9 Å². The number of rotatable bonds is 5. The van der Waals surface area contributed by atoms with Crippen molar-refractivity contribution >= 4 is 17.5 Å². The zero-order valence-corrected chi connectivity index (χ0v) is 15.8. The molecule has 3 aromatic rings. The third-order valence-corrected chi connectivity index (χ3v) is 4.84. The van der Waals surface area contributed by atoms with Crippen molar-refractivity contribution in [2.45, 2.75) is 19.4 Å². The molecule has 6 heteroatoms. The summed E-state index contributed by atoms with van der Waals surface area (Å²) in [4.78, 5) is 23.5. The Labute approximate surface area is 164 Å². The molecule has 0 atom stereocenters. The van der Waals surface area contributed by atoms with Gasteiger partial charge in [-0.15, -0.1) is 0 Å². The molecule has 0 radical (unpaired) electrons. The number of benzene rings is 2. The second kappa shape index (κ2) is 8.08. The molecule has 1 amide bonds. The highest BCUT2D eigenvalue weighted by Gasteiger charge is 2.24. The molecule has 1 aliphatic rings. The molecule has 0 unspecified atom stereocenters. The van der Waals surface area contributed by atoms with Crippen LogP contribution in [0.4, 0.5) is 11.6 Å². The van der Waals surface area contributed by atoms with E-state index in [1.54, 1.807) is 19.4 Å². The summed E-state index contributed by atoms with van der Waals surface area (Å²) in [6.07, 6.45) is 3.57. The lowest BCUT2D eigenvalue weighted by Gasteiger charge is -2.29. The molecule has 28 heavy (non-hydrogen) atoms. The predicted molar refractivity (Wildman–Crippen MR) is 109 cm³/mol. The van der Waals surface area contributed by atoms with Crippen molar-refractivity contribution in [3.8, 4) is 5.75 Å². The number of anilines is 2. The van der Waals surface area contributed by atoms with Crippen LogP contribution in [0.1, 0.15) is 28.0 Å². The SMILES string of the molecule is COc1ccc(CNc2nccc(C(=O)N3CCCc4ccccc43)n2)cc1. The monoisotopic (exact) mass is 374 g/mol. The quantitative estimate of drug-likeness (QED) is 0.738. The van der Waals surface area contributed by atoms with Crippen molar-refractivity contribution in [1.29, 1.82) is 0 Å². The summed E-state index contributed by atoms with van der Waals surface area (Å²) in [6.45, 7) is 1.27. The van der Waals surface area contributed by atoms with Crippen LogP contribution >= 0.6 is 0 Å². The van der Waals surface area contributed by atoms with Crippen LogP contribution in [0.3, 0.4) is 0 Å². The molecule has 1 N–H and O–H groups in total. The Morgan fingerprint density at radius 1 is 1.14 bits per heavy atom. The largest absolute Gasteiger partial charge is 0.497 e. The molecule has 6 nitrogen and oxygen atoms in total. The number of nitrogens with zero attached hydrogens (tertiary/aromatic N) is 3. The van der Waals surface area contributed by atoms with Crippen LogP contribution in [0.25, 0.3) is 0 Å². The Hall–Kier alpha value is -3.41. The van der Waals surface area contributed by atoms with Crippen molar-refractivity contribution in [2.24, 2.45) is 0 Å². The minimum absolute atomic E-state index is 0.0953.